The van der Waals surface area contributed by atoms with E-state index in [0.29, 0.717) is 0 Å². The van der Waals surface area contributed by atoms with Crippen LogP contribution in [-0.2, 0) is 0 Å². The third-order valence-corrected chi connectivity index (χ3v) is 2.19. The summed E-state index contributed by atoms with van der Waals surface area (Å²) in [6.07, 6.45) is 0. The van der Waals surface area contributed by atoms with E-state index >= 15 is 0 Å². The molecule has 1 N–H and O–H groups in total. The van der Waals surface area contributed by atoms with E-state index in [9.17, 15) is 15.3 Å². The molecule has 0 aliphatic heterocycles. The second-order valence-electron chi connectivity index (χ2n) is 2.16. The Bertz CT molecular complexity index is 347. The van der Waals surface area contributed by atoms with Crippen molar-refractivity contribution in [1.29, 1.82) is 5.53 Å². The Hall–Kier alpha value is -1.50. The highest BCUT2D eigenvalue weighted by molar-refractivity contribution is 9.10. The molecule has 0 fully saturated rings. The van der Waals surface area contributed by atoms with Crippen molar-refractivity contribution in [3.8, 4) is 0 Å². The molecule has 1 rings (SSSR count). The Morgan fingerprint density at radius 1 is 1.31 bits per heavy atom. The molecular formula is C6H4BrN3O3. The fraction of sp³-hybridized carbons (Fsp3) is 0. The second kappa shape index (κ2) is 3.48. The van der Waals surface area contributed by atoms with E-state index in [0.717, 1.165) is 0 Å². The first-order valence-corrected chi connectivity index (χ1v) is 3.94. The monoisotopic (exact) mass is 245 g/mol. The van der Waals surface area contributed by atoms with Crippen molar-refractivity contribution in [2.24, 2.45) is 0 Å². The van der Waals surface area contributed by atoms with Gasteiger partial charge in [-0.05, 0) is 27.5 Å². The first-order chi connectivity index (χ1) is 6.04. The van der Waals surface area contributed by atoms with Crippen molar-refractivity contribution in [2.75, 3.05) is 0 Å². The molecule has 1 aromatic rings. The van der Waals surface area contributed by atoms with E-state index in [1.165, 1.54) is 18.2 Å². The van der Waals surface area contributed by atoms with Crippen LogP contribution in [0.1, 0.15) is 0 Å². The SMILES string of the molecule is N=[N+]([O-])c1cccc([N+](=O)[O-])c1Br. The zero-order chi connectivity index (χ0) is 10.0. The van der Waals surface area contributed by atoms with E-state index in [1.807, 2.05) is 0 Å². The lowest BCUT2D eigenvalue weighted by atomic mass is 10.3. The summed E-state index contributed by atoms with van der Waals surface area (Å²) in [7, 11) is 0. The molecule has 6 nitrogen and oxygen atoms in total. The molecule has 13 heavy (non-hydrogen) atoms. The Labute approximate surface area is 81.1 Å². The Balaban J connectivity index is 3.35. The minimum atomic E-state index is -0.628. The van der Waals surface area contributed by atoms with E-state index < -0.39 is 4.92 Å². The summed E-state index contributed by atoms with van der Waals surface area (Å²) in [6.45, 7) is 0. The highest BCUT2D eigenvalue weighted by atomic mass is 79.9. The number of hydrogen-bond acceptors (Lipinski definition) is 4. The fourth-order valence-electron chi connectivity index (χ4n) is 0.806. The predicted octanol–water partition coefficient (Wildman–Crippen LogP) is 2.53. The second-order valence-corrected chi connectivity index (χ2v) is 2.95. The van der Waals surface area contributed by atoms with Crippen LogP contribution in [0.25, 0.3) is 0 Å². The number of benzene rings is 1. The Kier molecular flexibility index (Phi) is 2.57. The minimum absolute atomic E-state index is 0.0185. The molecule has 0 spiro atoms. The van der Waals surface area contributed by atoms with Crippen LogP contribution in [0.4, 0.5) is 11.4 Å². The summed E-state index contributed by atoms with van der Waals surface area (Å²) in [5, 5.41) is 21.0. The number of nitro groups is 1. The molecule has 0 radical (unpaired) electrons. The number of hydrogen-bond donors (Lipinski definition) is 1. The molecule has 0 bridgehead atoms. The standard InChI is InChI=1S/C6H4BrN3O3/c7-6-4(9(8)11)2-1-3-5(6)10(12)13/h1-3,8H. The maximum atomic E-state index is 10.6. The third kappa shape index (κ3) is 1.81. The number of nitrogens with zero attached hydrogens (tertiary/aromatic N) is 2. The number of rotatable bonds is 2. The maximum Gasteiger partial charge on any atom is 0.290 e. The summed E-state index contributed by atoms with van der Waals surface area (Å²) >= 11 is 2.88. The summed E-state index contributed by atoms with van der Waals surface area (Å²) in [5.74, 6) is 0. The van der Waals surface area contributed by atoms with Gasteiger partial charge in [0, 0.05) is 12.1 Å². The highest BCUT2D eigenvalue weighted by Crippen LogP contribution is 2.33. The van der Waals surface area contributed by atoms with Gasteiger partial charge in [0.05, 0.1) is 4.92 Å². The van der Waals surface area contributed by atoms with Gasteiger partial charge >= 0.3 is 0 Å². The van der Waals surface area contributed by atoms with Crippen LogP contribution < -0.4 is 0 Å². The van der Waals surface area contributed by atoms with Crippen molar-refractivity contribution < 1.29 is 9.78 Å². The smallest absolute Gasteiger partial charge is 0.290 e. The zero-order valence-electron chi connectivity index (χ0n) is 6.23. The quantitative estimate of drug-likeness (QED) is 0.376. The Morgan fingerprint density at radius 2 is 1.85 bits per heavy atom. The van der Waals surface area contributed by atoms with Crippen LogP contribution in [0.15, 0.2) is 22.7 Å². The van der Waals surface area contributed by atoms with Crippen LogP contribution in [0.5, 0.6) is 0 Å². The number of nitro benzene ring substituents is 1. The summed E-state index contributed by atoms with van der Waals surface area (Å²) in [6, 6.07) is 3.91. The molecule has 0 aliphatic rings. The predicted molar refractivity (Wildman–Crippen MR) is 46.8 cm³/mol. The van der Waals surface area contributed by atoms with Crippen molar-refractivity contribution in [1.82, 2.24) is 0 Å². The lowest BCUT2D eigenvalue weighted by molar-refractivity contribution is -0.467. The average Bonchev–Trinajstić information content (AvgIpc) is 2.03. The van der Waals surface area contributed by atoms with Gasteiger partial charge in [-0.2, -0.15) is 0 Å². The third-order valence-electron chi connectivity index (χ3n) is 1.37. The topological polar surface area (TPSA) is 93.1 Å². The molecule has 0 aliphatic carbocycles. The van der Waals surface area contributed by atoms with Gasteiger partial charge in [0.15, 0.2) is 4.47 Å². The Morgan fingerprint density at radius 3 is 2.31 bits per heavy atom. The van der Waals surface area contributed by atoms with Crippen LogP contribution in [0.2, 0.25) is 0 Å². The van der Waals surface area contributed by atoms with E-state index in [1.54, 1.807) is 0 Å². The van der Waals surface area contributed by atoms with Gasteiger partial charge in [-0.3, -0.25) is 10.1 Å². The van der Waals surface area contributed by atoms with Crippen LogP contribution in [0.3, 0.4) is 0 Å². The van der Waals surface area contributed by atoms with Gasteiger partial charge in [0.1, 0.15) is 0 Å². The lowest BCUT2D eigenvalue weighted by Gasteiger charge is -1.99. The lowest BCUT2D eigenvalue weighted by Crippen LogP contribution is -1.94. The molecule has 0 atom stereocenters. The van der Waals surface area contributed by atoms with Crippen molar-refractivity contribution in [2.45, 2.75) is 0 Å². The molecular weight excluding hydrogens is 242 g/mol. The zero-order valence-corrected chi connectivity index (χ0v) is 7.82. The highest BCUT2D eigenvalue weighted by Gasteiger charge is 2.19. The molecule has 0 saturated heterocycles. The van der Waals surface area contributed by atoms with Crippen LogP contribution in [0, 0.1) is 20.9 Å². The fourth-order valence-corrected chi connectivity index (χ4v) is 1.38. The average molecular weight is 246 g/mol. The van der Waals surface area contributed by atoms with Crippen molar-refractivity contribution >= 4 is 27.3 Å². The minimum Gasteiger partial charge on any atom is -0.594 e. The maximum absolute atomic E-state index is 10.6. The van der Waals surface area contributed by atoms with Crippen LogP contribution in [-0.4, -0.2) is 9.78 Å². The summed E-state index contributed by atoms with van der Waals surface area (Å²) < 4.78 is 0.0185. The van der Waals surface area contributed by atoms with Gasteiger partial charge in [-0.25, -0.2) is 0 Å². The molecule has 0 heterocycles. The first kappa shape index (κ1) is 9.59. The molecule has 68 valence electrons. The normalized spacial score (nSPS) is 9.62. The number of nitrogens with one attached hydrogen (secondary N) is 1. The van der Waals surface area contributed by atoms with Gasteiger partial charge in [-0.15, -0.1) is 0 Å². The molecule has 7 heteroatoms. The van der Waals surface area contributed by atoms with Gasteiger partial charge in [-0.1, -0.05) is 4.86 Å². The van der Waals surface area contributed by atoms with Crippen molar-refractivity contribution in [3.05, 3.63) is 38.0 Å². The molecule has 0 saturated carbocycles. The number of halogens is 1. The van der Waals surface area contributed by atoms with E-state index in [-0.39, 0.29) is 20.7 Å². The van der Waals surface area contributed by atoms with E-state index in [4.69, 9.17) is 5.53 Å². The van der Waals surface area contributed by atoms with Gasteiger partial charge in [0.2, 0.25) is 0 Å². The molecule has 0 aromatic heterocycles. The molecule has 0 amide bonds. The molecule has 1 aromatic carbocycles. The largest absolute Gasteiger partial charge is 0.594 e. The van der Waals surface area contributed by atoms with Crippen LogP contribution >= 0.6 is 15.9 Å². The summed E-state index contributed by atoms with van der Waals surface area (Å²) in [5.41, 5.74) is 6.40. The first-order valence-electron chi connectivity index (χ1n) is 3.15. The van der Waals surface area contributed by atoms with Gasteiger partial charge < -0.3 is 5.21 Å². The van der Waals surface area contributed by atoms with Crippen molar-refractivity contribution in [3.63, 3.8) is 0 Å². The molecule has 0 unspecified atom stereocenters. The van der Waals surface area contributed by atoms with E-state index in [2.05, 4.69) is 15.9 Å². The summed E-state index contributed by atoms with van der Waals surface area (Å²) in [4.78, 5) is 9.58. The van der Waals surface area contributed by atoms with Gasteiger partial charge in [0.25, 0.3) is 11.4 Å².